The Labute approximate surface area is 119 Å². The van der Waals surface area contributed by atoms with E-state index in [0.29, 0.717) is 0 Å². The first-order chi connectivity index (χ1) is 9.23. The second-order valence-corrected chi connectivity index (χ2v) is 8.86. The van der Waals surface area contributed by atoms with Crippen molar-refractivity contribution in [1.29, 1.82) is 0 Å². The molecule has 0 bridgehead atoms. The van der Waals surface area contributed by atoms with Crippen LogP contribution in [-0.4, -0.2) is 22.8 Å². The van der Waals surface area contributed by atoms with E-state index in [1.165, 1.54) is 38.5 Å². The van der Waals surface area contributed by atoms with E-state index in [0.717, 1.165) is 12.8 Å². The third kappa shape index (κ3) is 2.48. The highest BCUT2D eigenvalue weighted by Crippen LogP contribution is 2.44. The summed E-state index contributed by atoms with van der Waals surface area (Å²) in [5.41, 5.74) is 3.23. The number of rotatable bonds is 6. The van der Waals surface area contributed by atoms with Gasteiger partial charge in [-0.05, 0) is 61.8 Å². The van der Waals surface area contributed by atoms with Gasteiger partial charge in [0.15, 0.2) is 0 Å². The Balaban J connectivity index is 2.49. The molecule has 2 aliphatic carbocycles. The predicted molar refractivity (Wildman–Crippen MR) is 82.1 cm³/mol. The van der Waals surface area contributed by atoms with E-state index in [4.69, 9.17) is 8.85 Å². The normalized spacial score (nSPS) is 20.8. The van der Waals surface area contributed by atoms with E-state index < -0.39 is 8.56 Å². The van der Waals surface area contributed by atoms with Gasteiger partial charge in [-0.1, -0.05) is 25.0 Å². The van der Waals surface area contributed by atoms with Crippen molar-refractivity contribution in [2.75, 3.05) is 14.2 Å². The van der Waals surface area contributed by atoms with E-state index in [9.17, 15) is 0 Å². The molecule has 0 atom stereocenters. The molecule has 108 valence electrons. The summed E-state index contributed by atoms with van der Waals surface area (Å²) in [5.74, 6) is 0. The maximum Gasteiger partial charge on any atom is 0.398 e. The molecule has 0 aliphatic heterocycles. The van der Waals surface area contributed by atoms with Gasteiger partial charge >= 0.3 is 8.56 Å². The zero-order valence-electron chi connectivity index (χ0n) is 13.0. The van der Waals surface area contributed by atoms with Gasteiger partial charge in [0.05, 0.1) is 0 Å². The molecule has 0 spiro atoms. The smallest absolute Gasteiger partial charge is 0.391 e. The Morgan fingerprint density at radius 1 is 0.789 bits per heavy atom. The second-order valence-electron chi connectivity index (χ2n) is 5.60. The van der Waals surface area contributed by atoms with E-state index >= 15 is 0 Å². The van der Waals surface area contributed by atoms with Crippen LogP contribution in [0.2, 0.25) is 0 Å². The van der Waals surface area contributed by atoms with Crippen molar-refractivity contribution in [2.45, 2.75) is 65.2 Å². The fourth-order valence-electron chi connectivity index (χ4n) is 3.95. The summed E-state index contributed by atoms with van der Waals surface area (Å²) in [7, 11) is 1.45. The average molecular weight is 280 g/mol. The first-order valence-electron chi connectivity index (χ1n) is 7.76. The van der Waals surface area contributed by atoms with Crippen LogP contribution in [0.15, 0.2) is 21.5 Å². The molecule has 0 radical (unpaired) electrons. The summed E-state index contributed by atoms with van der Waals surface area (Å²) in [6, 6.07) is 0. The third-order valence-corrected chi connectivity index (χ3v) is 8.83. The van der Waals surface area contributed by atoms with Crippen molar-refractivity contribution < 1.29 is 8.85 Å². The highest BCUT2D eigenvalue weighted by atomic mass is 28.4. The van der Waals surface area contributed by atoms with Gasteiger partial charge in [0.1, 0.15) is 0 Å². The van der Waals surface area contributed by atoms with Gasteiger partial charge < -0.3 is 8.85 Å². The van der Waals surface area contributed by atoms with Crippen LogP contribution in [-0.2, 0) is 8.85 Å². The molecule has 2 rings (SSSR count). The molecule has 0 N–H and O–H groups in total. The Morgan fingerprint density at radius 3 is 1.53 bits per heavy atom. The van der Waals surface area contributed by atoms with Gasteiger partial charge in [-0.2, -0.15) is 0 Å². The molecular formula is C16H28O2Si. The van der Waals surface area contributed by atoms with Crippen LogP contribution >= 0.6 is 0 Å². The topological polar surface area (TPSA) is 18.5 Å². The van der Waals surface area contributed by atoms with Crippen LogP contribution < -0.4 is 0 Å². The predicted octanol–water partition coefficient (Wildman–Crippen LogP) is 4.58. The lowest BCUT2D eigenvalue weighted by Crippen LogP contribution is -2.45. The van der Waals surface area contributed by atoms with Crippen molar-refractivity contribution in [3.8, 4) is 0 Å². The lowest BCUT2D eigenvalue weighted by Gasteiger charge is -2.32. The Bertz CT molecular complexity index is 358. The highest BCUT2D eigenvalue weighted by Gasteiger charge is 2.48. The molecule has 0 aromatic rings. The molecule has 3 heteroatoms. The van der Waals surface area contributed by atoms with Crippen LogP contribution in [0.1, 0.15) is 65.2 Å². The van der Waals surface area contributed by atoms with E-state index in [1.54, 1.807) is 21.5 Å². The van der Waals surface area contributed by atoms with E-state index in [-0.39, 0.29) is 0 Å². The lowest BCUT2D eigenvalue weighted by molar-refractivity contribution is 0.259. The van der Waals surface area contributed by atoms with Crippen molar-refractivity contribution in [3.05, 3.63) is 21.5 Å². The van der Waals surface area contributed by atoms with Crippen molar-refractivity contribution in [1.82, 2.24) is 0 Å². The van der Waals surface area contributed by atoms with Crippen molar-refractivity contribution in [3.63, 3.8) is 0 Å². The van der Waals surface area contributed by atoms with E-state index in [2.05, 4.69) is 13.8 Å². The minimum absolute atomic E-state index is 1.16. The SMILES string of the molecule is CCC1=C([Si](OC)(OC)C2=C(CC)CCC2)CCC1. The average Bonchev–Trinajstić information content (AvgIpc) is 3.10. The van der Waals surface area contributed by atoms with Crippen LogP contribution in [0.25, 0.3) is 0 Å². The van der Waals surface area contributed by atoms with E-state index in [1.807, 2.05) is 14.2 Å². The maximum absolute atomic E-state index is 6.12. The van der Waals surface area contributed by atoms with Gasteiger partial charge in [-0.3, -0.25) is 0 Å². The Kier molecular flexibility index (Phi) is 5.04. The molecule has 0 saturated carbocycles. The highest BCUT2D eigenvalue weighted by molar-refractivity contribution is 6.82. The third-order valence-electron chi connectivity index (χ3n) is 4.89. The molecule has 0 unspecified atom stereocenters. The zero-order chi connectivity index (χ0) is 13.9. The van der Waals surface area contributed by atoms with Gasteiger partial charge in [-0.15, -0.1) is 0 Å². The van der Waals surface area contributed by atoms with Gasteiger partial charge in [0, 0.05) is 14.2 Å². The monoisotopic (exact) mass is 280 g/mol. The number of hydrogen-bond acceptors (Lipinski definition) is 2. The minimum Gasteiger partial charge on any atom is -0.391 e. The molecule has 0 fully saturated rings. The number of allylic oxidation sites excluding steroid dienone is 4. The standard InChI is InChI=1S/C16H28O2Si/c1-5-13-9-7-11-15(13)19(17-3,18-4)16-12-8-10-14(16)6-2/h5-12H2,1-4H3. The number of hydrogen-bond donors (Lipinski definition) is 0. The summed E-state index contributed by atoms with van der Waals surface area (Å²) in [6.45, 7) is 4.55. The van der Waals surface area contributed by atoms with Gasteiger partial charge in [0.2, 0.25) is 0 Å². The zero-order valence-corrected chi connectivity index (χ0v) is 14.0. The Morgan fingerprint density at radius 2 is 1.21 bits per heavy atom. The van der Waals surface area contributed by atoms with Crippen LogP contribution in [0, 0.1) is 0 Å². The van der Waals surface area contributed by atoms with Crippen molar-refractivity contribution in [2.24, 2.45) is 0 Å². The quantitative estimate of drug-likeness (QED) is 0.663. The molecule has 0 aromatic heterocycles. The van der Waals surface area contributed by atoms with Crippen LogP contribution in [0.3, 0.4) is 0 Å². The molecule has 2 aliphatic rings. The molecular weight excluding hydrogens is 252 g/mol. The maximum atomic E-state index is 6.12. The summed E-state index contributed by atoms with van der Waals surface area (Å²) in [5, 5.41) is 3.12. The first kappa shape index (κ1) is 15.0. The molecule has 19 heavy (non-hydrogen) atoms. The lowest BCUT2D eigenvalue weighted by atomic mass is 10.2. The molecule has 0 heterocycles. The molecule has 0 saturated heterocycles. The van der Waals surface area contributed by atoms with Crippen LogP contribution in [0.4, 0.5) is 0 Å². The molecule has 0 amide bonds. The van der Waals surface area contributed by atoms with Crippen LogP contribution in [0.5, 0.6) is 0 Å². The summed E-state index contributed by atoms with van der Waals surface area (Å²) >= 11 is 0. The minimum atomic E-state index is -2.29. The Hall–Kier alpha value is -0.383. The molecule has 2 nitrogen and oxygen atoms in total. The largest absolute Gasteiger partial charge is 0.398 e. The fourth-order valence-corrected chi connectivity index (χ4v) is 8.01. The first-order valence-corrected chi connectivity index (χ1v) is 9.58. The second kappa shape index (κ2) is 6.38. The summed E-state index contributed by atoms with van der Waals surface area (Å²) in [6.07, 6.45) is 9.78. The fraction of sp³-hybridized carbons (Fsp3) is 0.750. The van der Waals surface area contributed by atoms with Crippen molar-refractivity contribution >= 4 is 8.56 Å². The van der Waals surface area contributed by atoms with Gasteiger partial charge in [-0.25, -0.2) is 0 Å². The molecule has 0 aromatic carbocycles. The summed E-state index contributed by atoms with van der Waals surface area (Å²) in [4.78, 5) is 0. The summed E-state index contributed by atoms with van der Waals surface area (Å²) < 4.78 is 12.2. The van der Waals surface area contributed by atoms with Gasteiger partial charge in [0.25, 0.3) is 0 Å².